The van der Waals surface area contributed by atoms with Crippen LogP contribution in [0.4, 0.5) is 10.6 Å². The highest BCUT2D eigenvalue weighted by Gasteiger charge is 2.53. The summed E-state index contributed by atoms with van der Waals surface area (Å²) in [4.78, 5) is 20.4. The van der Waals surface area contributed by atoms with Crippen LogP contribution in [-0.4, -0.2) is 34.8 Å². The molecular weight excluding hydrogens is 396 g/mol. The lowest BCUT2D eigenvalue weighted by Gasteiger charge is -2.20. The van der Waals surface area contributed by atoms with Crippen LogP contribution in [0.3, 0.4) is 0 Å². The number of carbonyl (C=O) groups excluding carboxylic acids is 1. The molecule has 2 heterocycles. The number of anilines is 1. The number of carbonyl (C=O) groups is 1. The molecule has 31 heavy (non-hydrogen) atoms. The smallest absolute Gasteiger partial charge is 0.407 e. The molecule has 0 bridgehead atoms. The van der Waals surface area contributed by atoms with Crippen molar-refractivity contribution in [1.82, 2.24) is 15.3 Å². The molecule has 1 aliphatic heterocycles. The first kappa shape index (κ1) is 21.0. The highest BCUT2D eigenvalue weighted by molar-refractivity contribution is 5.68. The van der Waals surface area contributed by atoms with Gasteiger partial charge in [0.15, 0.2) is 0 Å². The molecule has 4 rings (SSSR count). The zero-order valence-corrected chi connectivity index (χ0v) is 18.4. The van der Waals surface area contributed by atoms with Crippen molar-refractivity contribution in [1.29, 1.82) is 0 Å². The quantitative estimate of drug-likeness (QED) is 0.707. The van der Waals surface area contributed by atoms with E-state index in [1.165, 1.54) is 0 Å². The van der Waals surface area contributed by atoms with Crippen LogP contribution in [0.1, 0.15) is 44.7 Å². The highest BCUT2D eigenvalue weighted by atomic mass is 16.6. The van der Waals surface area contributed by atoms with Gasteiger partial charge in [0.25, 0.3) is 0 Å². The van der Waals surface area contributed by atoms with E-state index >= 15 is 0 Å². The summed E-state index contributed by atoms with van der Waals surface area (Å²) in [5.74, 6) is 2.61. The molecule has 0 saturated heterocycles. The molecule has 8 heteroatoms. The molecule has 1 spiro atoms. The van der Waals surface area contributed by atoms with Gasteiger partial charge in [0, 0.05) is 16.7 Å². The van der Waals surface area contributed by atoms with E-state index in [2.05, 4.69) is 34.1 Å². The van der Waals surface area contributed by atoms with Crippen molar-refractivity contribution in [2.45, 2.75) is 51.6 Å². The molecule has 1 amide bonds. The van der Waals surface area contributed by atoms with E-state index < -0.39 is 11.7 Å². The molecule has 2 aliphatic rings. The summed E-state index contributed by atoms with van der Waals surface area (Å²) in [6.45, 7) is 12.3. The third-order valence-corrected chi connectivity index (χ3v) is 5.19. The second kappa shape index (κ2) is 7.76. The average Bonchev–Trinajstić information content (AvgIpc) is 3.36. The van der Waals surface area contributed by atoms with Crippen molar-refractivity contribution < 1.29 is 19.0 Å². The van der Waals surface area contributed by atoms with Crippen LogP contribution in [0.15, 0.2) is 36.8 Å². The lowest BCUT2D eigenvalue weighted by atomic mass is 9.95. The standard InChI is InChI=1S/C23H28N4O4/c1-14-6-7-16(19-20(14)29-13-23(19)8-9-23)30-18-12-24-17(11-25-18)27-15(2)10-26-21(28)31-22(3,4)5/h6-7,11-12H,2,8-10,13H2,1,3-5H3,(H,24,27)(H,26,28). The number of rotatable bonds is 6. The van der Waals surface area contributed by atoms with Gasteiger partial charge in [0.1, 0.15) is 22.9 Å². The van der Waals surface area contributed by atoms with E-state index in [9.17, 15) is 4.79 Å². The van der Waals surface area contributed by atoms with E-state index in [-0.39, 0.29) is 12.0 Å². The summed E-state index contributed by atoms with van der Waals surface area (Å²) in [5, 5.41) is 5.65. The maximum Gasteiger partial charge on any atom is 0.407 e. The number of fused-ring (bicyclic) bond motifs is 2. The molecule has 0 atom stereocenters. The molecular formula is C23H28N4O4. The molecule has 1 aliphatic carbocycles. The number of hydrogen-bond acceptors (Lipinski definition) is 7. The van der Waals surface area contributed by atoms with Gasteiger partial charge in [0.05, 0.1) is 25.5 Å². The maximum absolute atomic E-state index is 11.7. The Morgan fingerprint density at radius 1 is 1.26 bits per heavy atom. The van der Waals surface area contributed by atoms with E-state index in [1.807, 2.05) is 12.1 Å². The summed E-state index contributed by atoms with van der Waals surface area (Å²) < 4.78 is 17.2. The number of nitrogens with one attached hydrogen (secondary N) is 2. The monoisotopic (exact) mass is 424 g/mol. The molecule has 1 saturated carbocycles. The van der Waals surface area contributed by atoms with E-state index in [1.54, 1.807) is 33.2 Å². The molecule has 2 N–H and O–H groups in total. The van der Waals surface area contributed by atoms with Gasteiger partial charge >= 0.3 is 6.09 Å². The molecule has 0 radical (unpaired) electrons. The second-order valence-corrected chi connectivity index (χ2v) is 9.08. The van der Waals surface area contributed by atoms with Gasteiger partial charge in [0.2, 0.25) is 5.88 Å². The predicted molar refractivity (Wildman–Crippen MR) is 117 cm³/mol. The summed E-state index contributed by atoms with van der Waals surface area (Å²) >= 11 is 0. The molecule has 1 fully saturated rings. The Hall–Kier alpha value is -3.29. The normalized spacial score (nSPS) is 15.6. The van der Waals surface area contributed by atoms with Crippen molar-refractivity contribution in [3.63, 3.8) is 0 Å². The highest BCUT2D eigenvalue weighted by Crippen LogP contribution is 2.59. The lowest BCUT2D eigenvalue weighted by molar-refractivity contribution is 0.0533. The van der Waals surface area contributed by atoms with Gasteiger partial charge in [-0.05, 0) is 52.2 Å². The van der Waals surface area contributed by atoms with Crippen molar-refractivity contribution in [3.8, 4) is 17.4 Å². The largest absolute Gasteiger partial charge is 0.492 e. The Morgan fingerprint density at radius 3 is 2.68 bits per heavy atom. The van der Waals surface area contributed by atoms with Crippen LogP contribution >= 0.6 is 0 Å². The van der Waals surface area contributed by atoms with Crippen LogP contribution in [-0.2, 0) is 10.2 Å². The van der Waals surface area contributed by atoms with Gasteiger partial charge in [-0.3, -0.25) is 0 Å². The summed E-state index contributed by atoms with van der Waals surface area (Å²) in [7, 11) is 0. The number of nitrogens with zero attached hydrogens (tertiary/aromatic N) is 2. The van der Waals surface area contributed by atoms with Crippen molar-refractivity contribution in [2.24, 2.45) is 0 Å². The topological polar surface area (TPSA) is 94.6 Å². The molecule has 2 aromatic rings. The third kappa shape index (κ3) is 4.73. The van der Waals surface area contributed by atoms with Crippen LogP contribution in [0, 0.1) is 6.92 Å². The molecule has 0 unspecified atom stereocenters. The summed E-state index contributed by atoms with van der Waals surface area (Å²) in [5.41, 5.74) is 2.37. The van der Waals surface area contributed by atoms with Gasteiger partial charge in [-0.25, -0.2) is 14.8 Å². The first-order chi connectivity index (χ1) is 14.7. The van der Waals surface area contributed by atoms with Crippen molar-refractivity contribution in [2.75, 3.05) is 18.5 Å². The SMILES string of the molecule is C=C(CNC(=O)OC(C)(C)C)Nc1cnc(Oc2ccc(C)c3c2C2(CC2)CO3)cn1. The third-order valence-electron chi connectivity index (χ3n) is 5.19. The number of alkyl carbamates (subject to hydrolysis) is 1. The van der Waals surface area contributed by atoms with E-state index in [0.29, 0.717) is 17.4 Å². The Kier molecular flexibility index (Phi) is 5.24. The minimum Gasteiger partial charge on any atom is -0.492 e. The Morgan fingerprint density at radius 2 is 2.03 bits per heavy atom. The molecule has 8 nitrogen and oxygen atoms in total. The number of ether oxygens (including phenoxy) is 3. The zero-order valence-electron chi connectivity index (χ0n) is 18.4. The molecule has 1 aromatic heterocycles. The number of aromatic nitrogens is 2. The minimum absolute atomic E-state index is 0.102. The zero-order chi connectivity index (χ0) is 22.2. The minimum atomic E-state index is -0.553. The lowest BCUT2D eigenvalue weighted by Crippen LogP contribution is -2.34. The predicted octanol–water partition coefficient (Wildman–Crippen LogP) is 4.45. The fourth-order valence-corrected chi connectivity index (χ4v) is 3.53. The van der Waals surface area contributed by atoms with Crippen molar-refractivity contribution in [3.05, 3.63) is 47.9 Å². The number of aryl methyl sites for hydroxylation is 1. The van der Waals surface area contributed by atoms with Crippen LogP contribution < -0.4 is 20.1 Å². The van der Waals surface area contributed by atoms with E-state index in [0.717, 1.165) is 42.1 Å². The van der Waals surface area contributed by atoms with Gasteiger partial charge in [-0.2, -0.15) is 0 Å². The van der Waals surface area contributed by atoms with Crippen LogP contribution in [0.5, 0.6) is 17.4 Å². The molecule has 1 aromatic carbocycles. The summed E-state index contributed by atoms with van der Waals surface area (Å²) in [6.07, 6.45) is 4.85. The van der Waals surface area contributed by atoms with Crippen molar-refractivity contribution >= 4 is 11.9 Å². The Labute approximate surface area is 182 Å². The van der Waals surface area contributed by atoms with Gasteiger partial charge in [-0.1, -0.05) is 12.6 Å². The number of amides is 1. The maximum atomic E-state index is 11.7. The first-order valence-electron chi connectivity index (χ1n) is 10.3. The fraction of sp³-hybridized carbons (Fsp3) is 0.435. The van der Waals surface area contributed by atoms with Crippen LogP contribution in [0.25, 0.3) is 0 Å². The second-order valence-electron chi connectivity index (χ2n) is 9.08. The van der Waals surface area contributed by atoms with Gasteiger partial charge in [-0.15, -0.1) is 0 Å². The van der Waals surface area contributed by atoms with Gasteiger partial charge < -0.3 is 24.8 Å². The Balaban J connectivity index is 1.35. The Bertz CT molecular complexity index is 1010. The first-order valence-corrected chi connectivity index (χ1v) is 10.3. The summed E-state index contributed by atoms with van der Waals surface area (Å²) in [6, 6.07) is 3.97. The van der Waals surface area contributed by atoms with Crippen LogP contribution in [0.2, 0.25) is 0 Å². The number of hydrogen-bond donors (Lipinski definition) is 2. The van der Waals surface area contributed by atoms with E-state index in [4.69, 9.17) is 14.2 Å². The number of benzene rings is 1. The molecule has 164 valence electrons. The average molecular weight is 425 g/mol. The fourth-order valence-electron chi connectivity index (χ4n) is 3.53.